The molecule has 94 valence electrons. The molecule has 0 radical (unpaired) electrons. The summed E-state index contributed by atoms with van der Waals surface area (Å²) in [6.45, 7) is 0. The average molecular weight is 261 g/mol. The van der Waals surface area contributed by atoms with Crippen molar-refractivity contribution < 1.29 is 18.7 Å². The Bertz CT molecular complexity index is 428. The van der Waals surface area contributed by atoms with E-state index in [0.29, 0.717) is 11.8 Å². The minimum absolute atomic E-state index is 0.0754. The van der Waals surface area contributed by atoms with Gasteiger partial charge in [-0.3, -0.25) is 0 Å². The molecule has 1 unspecified atom stereocenters. The number of aliphatic carboxylic acids is 1. The van der Waals surface area contributed by atoms with Gasteiger partial charge in [-0.1, -0.05) is 6.07 Å². The van der Waals surface area contributed by atoms with Crippen molar-refractivity contribution in [2.24, 2.45) is 5.73 Å². The van der Waals surface area contributed by atoms with E-state index >= 15 is 0 Å². The zero-order valence-electron chi connectivity index (χ0n) is 9.24. The second-order valence-electron chi connectivity index (χ2n) is 3.64. The van der Waals surface area contributed by atoms with Gasteiger partial charge >= 0.3 is 5.97 Å². The molecule has 1 rings (SSSR count). The highest BCUT2D eigenvalue weighted by Gasteiger charge is 2.37. The SMILES string of the molecule is CSCCC(N)(C(=O)O)c1ccc(F)cc1F. The van der Waals surface area contributed by atoms with Crippen LogP contribution in [0.25, 0.3) is 0 Å². The third kappa shape index (κ3) is 2.95. The lowest BCUT2D eigenvalue weighted by Crippen LogP contribution is -2.46. The van der Waals surface area contributed by atoms with Crippen molar-refractivity contribution in [2.75, 3.05) is 12.0 Å². The lowest BCUT2D eigenvalue weighted by molar-refractivity contribution is -0.144. The van der Waals surface area contributed by atoms with Gasteiger partial charge in [0.2, 0.25) is 0 Å². The molecule has 1 atom stereocenters. The maximum atomic E-state index is 13.5. The first-order valence-electron chi connectivity index (χ1n) is 4.88. The maximum absolute atomic E-state index is 13.5. The van der Waals surface area contributed by atoms with Crippen molar-refractivity contribution in [3.05, 3.63) is 35.4 Å². The fraction of sp³-hybridized carbons (Fsp3) is 0.364. The average Bonchev–Trinajstić information content (AvgIpc) is 2.25. The summed E-state index contributed by atoms with van der Waals surface area (Å²) in [4.78, 5) is 11.2. The van der Waals surface area contributed by atoms with Crippen LogP contribution >= 0.6 is 11.8 Å². The van der Waals surface area contributed by atoms with Crippen molar-refractivity contribution in [1.29, 1.82) is 0 Å². The Morgan fingerprint density at radius 3 is 2.65 bits per heavy atom. The van der Waals surface area contributed by atoms with Crippen molar-refractivity contribution in [3.63, 3.8) is 0 Å². The second-order valence-corrected chi connectivity index (χ2v) is 4.63. The summed E-state index contributed by atoms with van der Waals surface area (Å²) in [6, 6.07) is 2.72. The Hall–Kier alpha value is -1.14. The molecule has 0 aliphatic carbocycles. The predicted molar refractivity (Wildman–Crippen MR) is 62.9 cm³/mol. The number of rotatable bonds is 5. The fourth-order valence-corrected chi connectivity index (χ4v) is 2.00. The number of carbonyl (C=O) groups is 1. The van der Waals surface area contributed by atoms with E-state index in [1.54, 1.807) is 6.26 Å². The van der Waals surface area contributed by atoms with Crippen molar-refractivity contribution in [1.82, 2.24) is 0 Å². The zero-order chi connectivity index (χ0) is 13.1. The van der Waals surface area contributed by atoms with Gasteiger partial charge in [0.05, 0.1) is 0 Å². The maximum Gasteiger partial charge on any atom is 0.328 e. The number of thioether (sulfide) groups is 1. The van der Waals surface area contributed by atoms with Crippen molar-refractivity contribution >= 4 is 17.7 Å². The number of benzene rings is 1. The normalized spacial score (nSPS) is 14.4. The summed E-state index contributed by atoms with van der Waals surface area (Å²) < 4.78 is 26.3. The second kappa shape index (κ2) is 5.46. The van der Waals surface area contributed by atoms with Crippen molar-refractivity contribution in [3.8, 4) is 0 Å². The largest absolute Gasteiger partial charge is 0.480 e. The molecule has 1 aromatic carbocycles. The molecule has 0 aromatic heterocycles. The molecule has 0 saturated carbocycles. The molecular formula is C11H13F2NO2S. The number of carboxylic acids is 1. The fourth-order valence-electron chi connectivity index (χ4n) is 1.47. The third-order valence-electron chi connectivity index (χ3n) is 2.49. The Morgan fingerprint density at radius 1 is 1.53 bits per heavy atom. The Kier molecular flexibility index (Phi) is 4.47. The summed E-state index contributed by atoms with van der Waals surface area (Å²) in [5.74, 6) is -2.54. The van der Waals surface area contributed by atoms with Crippen LogP contribution in [0.1, 0.15) is 12.0 Å². The van der Waals surface area contributed by atoms with Gasteiger partial charge in [0.25, 0.3) is 0 Å². The van der Waals surface area contributed by atoms with Gasteiger partial charge in [-0.2, -0.15) is 11.8 Å². The Balaban J connectivity index is 3.17. The first kappa shape index (κ1) is 13.9. The monoisotopic (exact) mass is 261 g/mol. The highest BCUT2D eigenvalue weighted by atomic mass is 32.2. The molecule has 0 aliphatic heterocycles. The molecule has 0 heterocycles. The molecule has 0 aliphatic rings. The van der Waals surface area contributed by atoms with Gasteiger partial charge < -0.3 is 10.8 Å². The summed E-state index contributed by atoms with van der Waals surface area (Å²) >= 11 is 1.41. The number of carboxylic acid groups (broad SMARTS) is 1. The standard InChI is InChI=1S/C11H13F2NO2S/c1-17-5-4-11(14,10(15)16)8-3-2-7(12)6-9(8)13/h2-3,6H,4-5,14H2,1H3,(H,15,16). The third-order valence-corrected chi connectivity index (χ3v) is 3.11. The van der Waals surface area contributed by atoms with Crippen LogP contribution in [0.15, 0.2) is 18.2 Å². The number of hydrogen-bond acceptors (Lipinski definition) is 3. The van der Waals surface area contributed by atoms with Crippen LogP contribution in [0.3, 0.4) is 0 Å². The van der Waals surface area contributed by atoms with Crippen LogP contribution in [0.4, 0.5) is 8.78 Å². The van der Waals surface area contributed by atoms with Gasteiger partial charge in [-0.05, 0) is 24.5 Å². The van der Waals surface area contributed by atoms with E-state index in [4.69, 9.17) is 10.8 Å². The molecule has 3 nitrogen and oxygen atoms in total. The zero-order valence-corrected chi connectivity index (χ0v) is 10.1. The van der Waals surface area contributed by atoms with E-state index < -0.39 is 23.1 Å². The molecule has 3 N–H and O–H groups in total. The van der Waals surface area contributed by atoms with Crippen LogP contribution in [0.2, 0.25) is 0 Å². The molecule has 17 heavy (non-hydrogen) atoms. The smallest absolute Gasteiger partial charge is 0.328 e. The van der Waals surface area contributed by atoms with Gasteiger partial charge in [-0.25, -0.2) is 13.6 Å². The molecule has 0 bridgehead atoms. The summed E-state index contributed by atoms with van der Waals surface area (Å²) in [5, 5.41) is 9.11. The first-order valence-corrected chi connectivity index (χ1v) is 6.28. The van der Waals surface area contributed by atoms with Crippen LogP contribution in [-0.4, -0.2) is 23.1 Å². The predicted octanol–water partition coefficient (Wildman–Crippen LogP) is 1.96. The molecule has 1 aromatic rings. The first-order chi connectivity index (χ1) is 7.91. The van der Waals surface area contributed by atoms with E-state index in [-0.39, 0.29) is 12.0 Å². The quantitative estimate of drug-likeness (QED) is 0.850. The van der Waals surface area contributed by atoms with Crippen molar-refractivity contribution in [2.45, 2.75) is 12.0 Å². The lowest BCUT2D eigenvalue weighted by Gasteiger charge is -2.25. The van der Waals surface area contributed by atoms with Gasteiger partial charge in [0.1, 0.15) is 17.2 Å². The molecule has 0 fully saturated rings. The van der Waals surface area contributed by atoms with Crippen LogP contribution in [-0.2, 0) is 10.3 Å². The summed E-state index contributed by atoms with van der Waals surface area (Å²) in [5.41, 5.74) is 3.71. The number of hydrogen-bond donors (Lipinski definition) is 2. The van der Waals surface area contributed by atoms with E-state index in [9.17, 15) is 13.6 Å². The highest BCUT2D eigenvalue weighted by Crippen LogP contribution is 2.27. The van der Waals surface area contributed by atoms with Crippen LogP contribution in [0.5, 0.6) is 0 Å². The molecular weight excluding hydrogens is 248 g/mol. The van der Waals surface area contributed by atoms with E-state index in [0.717, 1.165) is 12.1 Å². The van der Waals surface area contributed by atoms with Crippen LogP contribution < -0.4 is 5.73 Å². The van der Waals surface area contributed by atoms with E-state index in [1.165, 1.54) is 11.8 Å². The number of halogens is 2. The van der Waals surface area contributed by atoms with Gasteiger partial charge in [0, 0.05) is 11.6 Å². The lowest BCUT2D eigenvalue weighted by atomic mass is 9.88. The van der Waals surface area contributed by atoms with Crippen LogP contribution in [0, 0.1) is 11.6 Å². The van der Waals surface area contributed by atoms with E-state index in [1.807, 2.05) is 0 Å². The van der Waals surface area contributed by atoms with Gasteiger partial charge in [-0.15, -0.1) is 0 Å². The summed E-state index contributed by atoms with van der Waals surface area (Å²) in [6.07, 6.45) is 1.87. The molecule has 0 saturated heterocycles. The van der Waals surface area contributed by atoms with Gasteiger partial charge in [0.15, 0.2) is 0 Å². The minimum Gasteiger partial charge on any atom is -0.480 e. The topological polar surface area (TPSA) is 63.3 Å². The molecule has 6 heteroatoms. The minimum atomic E-state index is -1.82. The Morgan fingerprint density at radius 2 is 2.18 bits per heavy atom. The molecule has 0 spiro atoms. The highest BCUT2D eigenvalue weighted by molar-refractivity contribution is 7.98. The Labute approximate surface area is 102 Å². The summed E-state index contributed by atoms with van der Waals surface area (Å²) in [7, 11) is 0. The van der Waals surface area contributed by atoms with E-state index in [2.05, 4.69) is 0 Å². The number of nitrogens with two attached hydrogens (primary N) is 1. The molecule has 0 amide bonds.